The highest BCUT2D eigenvalue weighted by Gasteiger charge is 2.25. The van der Waals surface area contributed by atoms with E-state index in [2.05, 4.69) is 15.5 Å². The van der Waals surface area contributed by atoms with E-state index in [4.69, 9.17) is 9.15 Å². The van der Waals surface area contributed by atoms with Gasteiger partial charge >= 0.3 is 6.09 Å². The van der Waals surface area contributed by atoms with E-state index in [0.29, 0.717) is 29.2 Å². The lowest BCUT2D eigenvalue weighted by Gasteiger charge is -2.22. The van der Waals surface area contributed by atoms with Crippen LogP contribution in [0.4, 0.5) is 9.18 Å². The predicted octanol–water partition coefficient (Wildman–Crippen LogP) is 5.11. The lowest BCUT2D eigenvalue weighted by Crippen LogP contribution is -2.35. The molecule has 27 heavy (non-hydrogen) atoms. The average molecular weight is 396 g/mol. The highest BCUT2D eigenvalue weighted by molar-refractivity contribution is 7.98. The number of alkyl carbamates (subject to hydrolysis) is 1. The van der Waals surface area contributed by atoms with Crippen molar-refractivity contribution in [2.75, 3.05) is 0 Å². The van der Waals surface area contributed by atoms with Gasteiger partial charge in [-0.3, -0.25) is 0 Å². The second kappa shape index (κ2) is 9.21. The van der Waals surface area contributed by atoms with Crippen LogP contribution >= 0.6 is 11.8 Å². The van der Waals surface area contributed by atoms with Gasteiger partial charge < -0.3 is 14.5 Å². The molecule has 148 valence electrons. The van der Waals surface area contributed by atoms with Crippen LogP contribution in [0.1, 0.15) is 58.5 Å². The number of amides is 1. The van der Waals surface area contributed by atoms with Crippen LogP contribution in [-0.2, 0) is 10.5 Å². The minimum Gasteiger partial charge on any atom is -0.444 e. The van der Waals surface area contributed by atoms with Crippen molar-refractivity contribution in [2.24, 2.45) is 5.92 Å². The Morgan fingerprint density at radius 1 is 1.33 bits per heavy atom. The number of carbonyl (C=O) groups excluding carboxylic acids is 1. The van der Waals surface area contributed by atoms with Gasteiger partial charge in [0.15, 0.2) is 0 Å². The number of halogens is 1. The Hall–Kier alpha value is -2.09. The first-order valence-electron chi connectivity index (χ1n) is 8.82. The van der Waals surface area contributed by atoms with E-state index in [1.165, 1.54) is 23.9 Å². The molecular weight excluding hydrogens is 369 g/mol. The highest BCUT2D eigenvalue weighted by Crippen LogP contribution is 2.26. The van der Waals surface area contributed by atoms with Gasteiger partial charge in [0.25, 0.3) is 5.22 Å². The van der Waals surface area contributed by atoms with Crippen LogP contribution in [0.25, 0.3) is 0 Å². The van der Waals surface area contributed by atoms with Crippen LogP contribution in [-0.4, -0.2) is 21.9 Å². The Bertz CT molecular complexity index is 759. The number of hydrogen-bond donors (Lipinski definition) is 1. The lowest BCUT2D eigenvalue weighted by molar-refractivity contribution is 0.0487. The first-order valence-corrected chi connectivity index (χ1v) is 9.81. The molecule has 0 saturated heterocycles. The summed E-state index contributed by atoms with van der Waals surface area (Å²) >= 11 is 1.32. The second-order valence-electron chi connectivity index (χ2n) is 7.65. The molecule has 0 aliphatic heterocycles. The van der Waals surface area contributed by atoms with E-state index in [0.717, 1.165) is 5.56 Å². The number of benzene rings is 1. The Morgan fingerprint density at radius 2 is 2.07 bits per heavy atom. The SMILES string of the molecule is CC(C)C[C@H](NC(=O)OC(C)(C)C)c1nnc(SCc2cccc(F)c2)o1. The van der Waals surface area contributed by atoms with E-state index < -0.39 is 17.7 Å². The van der Waals surface area contributed by atoms with E-state index in [-0.39, 0.29) is 5.82 Å². The third-order valence-corrected chi connectivity index (χ3v) is 4.26. The summed E-state index contributed by atoms with van der Waals surface area (Å²) in [6.07, 6.45) is 0.107. The van der Waals surface area contributed by atoms with Crippen LogP contribution in [0, 0.1) is 11.7 Å². The number of ether oxygens (including phenoxy) is 1. The van der Waals surface area contributed by atoms with Crippen molar-refractivity contribution in [2.45, 2.75) is 63.7 Å². The zero-order valence-electron chi connectivity index (χ0n) is 16.3. The van der Waals surface area contributed by atoms with Crippen molar-refractivity contribution in [3.63, 3.8) is 0 Å². The molecule has 1 amide bonds. The van der Waals surface area contributed by atoms with Gasteiger partial charge in [-0.1, -0.05) is 37.7 Å². The number of aromatic nitrogens is 2. The van der Waals surface area contributed by atoms with Gasteiger partial charge in [-0.2, -0.15) is 0 Å². The summed E-state index contributed by atoms with van der Waals surface area (Å²) < 4.78 is 24.3. The van der Waals surface area contributed by atoms with Gasteiger partial charge in [-0.25, -0.2) is 9.18 Å². The summed E-state index contributed by atoms with van der Waals surface area (Å²) in [5.41, 5.74) is 0.234. The molecule has 0 aliphatic carbocycles. The van der Waals surface area contributed by atoms with Crippen LogP contribution in [0.2, 0.25) is 0 Å². The Kier molecular flexibility index (Phi) is 7.24. The molecule has 0 unspecified atom stereocenters. The smallest absolute Gasteiger partial charge is 0.408 e. The van der Waals surface area contributed by atoms with Crippen molar-refractivity contribution in [1.82, 2.24) is 15.5 Å². The minimum absolute atomic E-state index is 0.280. The summed E-state index contributed by atoms with van der Waals surface area (Å²) in [6, 6.07) is 5.93. The fourth-order valence-corrected chi connectivity index (χ4v) is 3.05. The maximum Gasteiger partial charge on any atom is 0.408 e. The van der Waals surface area contributed by atoms with Crippen LogP contribution in [0.5, 0.6) is 0 Å². The summed E-state index contributed by atoms with van der Waals surface area (Å²) in [5, 5.41) is 11.3. The monoisotopic (exact) mass is 395 g/mol. The average Bonchev–Trinajstić information content (AvgIpc) is 2.99. The van der Waals surface area contributed by atoms with E-state index >= 15 is 0 Å². The van der Waals surface area contributed by atoms with Gasteiger partial charge in [0.05, 0.1) is 0 Å². The molecule has 2 rings (SSSR count). The van der Waals surface area contributed by atoms with Crippen LogP contribution in [0.15, 0.2) is 33.9 Å². The Morgan fingerprint density at radius 3 is 2.70 bits per heavy atom. The number of nitrogens with zero attached hydrogens (tertiary/aromatic N) is 2. The third-order valence-electron chi connectivity index (χ3n) is 3.37. The van der Waals surface area contributed by atoms with Crippen molar-refractivity contribution in [3.05, 3.63) is 41.5 Å². The highest BCUT2D eigenvalue weighted by atomic mass is 32.2. The topological polar surface area (TPSA) is 77.2 Å². The fourth-order valence-electron chi connectivity index (χ4n) is 2.33. The molecule has 0 aliphatic rings. The standard InChI is InChI=1S/C19H26FN3O3S/c1-12(2)9-15(21-17(24)26-19(3,4)5)16-22-23-18(25-16)27-11-13-7-6-8-14(20)10-13/h6-8,10,12,15H,9,11H2,1-5H3,(H,21,24)/t15-/m0/s1. The Balaban J connectivity index is 2.02. The predicted molar refractivity (Wildman–Crippen MR) is 102 cm³/mol. The first kappa shape index (κ1) is 21.2. The maximum absolute atomic E-state index is 13.3. The van der Waals surface area contributed by atoms with Crippen molar-refractivity contribution in [1.29, 1.82) is 0 Å². The zero-order valence-corrected chi connectivity index (χ0v) is 17.1. The summed E-state index contributed by atoms with van der Waals surface area (Å²) in [6.45, 7) is 9.49. The molecular formula is C19H26FN3O3S. The molecule has 6 nitrogen and oxygen atoms in total. The number of thioether (sulfide) groups is 1. The molecule has 0 saturated carbocycles. The van der Waals surface area contributed by atoms with Crippen LogP contribution in [0.3, 0.4) is 0 Å². The van der Waals surface area contributed by atoms with Crippen LogP contribution < -0.4 is 5.32 Å². The molecule has 0 fully saturated rings. The summed E-state index contributed by atoms with van der Waals surface area (Å²) in [7, 11) is 0. The minimum atomic E-state index is -0.590. The molecule has 8 heteroatoms. The van der Waals surface area contributed by atoms with Crippen molar-refractivity contribution < 1.29 is 18.3 Å². The third kappa shape index (κ3) is 7.58. The second-order valence-corrected chi connectivity index (χ2v) is 8.58. The molecule has 2 aromatic rings. The quantitative estimate of drug-likeness (QED) is 0.656. The maximum atomic E-state index is 13.3. The van der Waals surface area contributed by atoms with Gasteiger partial charge in [-0.05, 0) is 50.8 Å². The van der Waals surface area contributed by atoms with Gasteiger partial charge in [0, 0.05) is 5.75 Å². The molecule has 1 heterocycles. The number of nitrogens with one attached hydrogen (secondary N) is 1. The van der Waals surface area contributed by atoms with E-state index in [1.54, 1.807) is 26.8 Å². The largest absolute Gasteiger partial charge is 0.444 e. The number of hydrogen-bond acceptors (Lipinski definition) is 6. The molecule has 1 aromatic carbocycles. The number of rotatable bonds is 7. The molecule has 0 bridgehead atoms. The molecule has 1 aromatic heterocycles. The van der Waals surface area contributed by atoms with Crippen molar-refractivity contribution in [3.8, 4) is 0 Å². The summed E-state index contributed by atoms with van der Waals surface area (Å²) in [4.78, 5) is 12.1. The molecule has 0 spiro atoms. The molecule has 0 radical (unpaired) electrons. The first-order chi connectivity index (χ1) is 12.6. The Labute approximate surface area is 163 Å². The lowest BCUT2D eigenvalue weighted by atomic mass is 10.0. The van der Waals surface area contributed by atoms with Gasteiger partial charge in [0.1, 0.15) is 17.5 Å². The number of carbonyl (C=O) groups is 1. The van der Waals surface area contributed by atoms with E-state index in [1.807, 2.05) is 19.9 Å². The normalized spacial score (nSPS) is 12.9. The fraction of sp³-hybridized carbons (Fsp3) is 0.526. The van der Waals surface area contributed by atoms with Crippen molar-refractivity contribution >= 4 is 17.9 Å². The molecule has 1 atom stereocenters. The van der Waals surface area contributed by atoms with Gasteiger partial charge in [0.2, 0.25) is 5.89 Å². The van der Waals surface area contributed by atoms with Gasteiger partial charge in [-0.15, -0.1) is 10.2 Å². The zero-order chi connectivity index (χ0) is 20.0. The summed E-state index contributed by atoms with van der Waals surface area (Å²) in [5.74, 6) is 0.864. The molecule has 1 N–H and O–H groups in total. The van der Waals surface area contributed by atoms with E-state index in [9.17, 15) is 9.18 Å².